The Balaban J connectivity index is 1.81. The molecular formula is C15H11BrN4OS. The maximum Gasteiger partial charge on any atom is 0.212 e. The lowest BCUT2D eigenvalue weighted by Crippen LogP contribution is -2.13. The van der Waals surface area contributed by atoms with Gasteiger partial charge < -0.3 is 4.42 Å². The molecule has 0 saturated heterocycles. The van der Waals surface area contributed by atoms with Crippen molar-refractivity contribution in [2.45, 2.75) is 12.1 Å². The van der Waals surface area contributed by atoms with Crippen molar-refractivity contribution >= 4 is 33.4 Å². The lowest BCUT2D eigenvalue weighted by Gasteiger charge is -2.13. The molecule has 4 rings (SSSR count). The Morgan fingerprint density at radius 3 is 2.73 bits per heavy atom. The van der Waals surface area contributed by atoms with Gasteiger partial charge in [0.25, 0.3) is 0 Å². The molecule has 0 N–H and O–H groups in total. The number of aryl methyl sites for hydroxylation is 1. The summed E-state index contributed by atoms with van der Waals surface area (Å²) in [4.78, 5) is 0. The Kier molecular flexibility index (Phi) is 3.38. The Hall–Kier alpha value is -1.86. The Bertz CT molecular complexity index is 866. The van der Waals surface area contributed by atoms with Crippen molar-refractivity contribution in [3.8, 4) is 11.4 Å². The Labute approximate surface area is 139 Å². The molecule has 5 nitrogen and oxygen atoms in total. The lowest BCUT2D eigenvalue weighted by atomic mass is 10.1. The van der Waals surface area contributed by atoms with E-state index in [0.29, 0.717) is 5.82 Å². The van der Waals surface area contributed by atoms with Gasteiger partial charge in [-0.15, -0.1) is 10.2 Å². The predicted molar refractivity (Wildman–Crippen MR) is 89.3 cm³/mol. The molecule has 0 saturated carbocycles. The molecular weight excluding hydrogens is 364 g/mol. The molecule has 0 unspecified atom stereocenters. The summed E-state index contributed by atoms with van der Waals surface area (Å²) in [5.74, 6) is 2.30. The first-order valence-corrected chi connectivity index (χ1v) is 8.47. The van der Waals surface area contributed by atoms with Crippen LogP contribution in [0.1, 0.15) is 11.3 Å². The van der Waals surface area contributed by atoms with Gasteiger partial charge in [0.05, 0.1) is 17.5 Å². The van der Waals surface area contributed by atoms with E-state index in [0.717, 1.165) is 38.0 Å². The van der Waals surface area contributed by atoms with Crippen LogP contribution in [0.2, 0.25) is 0 Å². The van der Waals surface area contributed by atoms with Crippen molar-refractivity contribution in [2.75, 3.05) is 5.75 Å². The van der Waals surface area contributed by atoms with Crippen molar-refractivity contribution < 1.29 is 4.42 Å². The average molecular weight is 375 g/mol. The molecule has 1 aliphatic heterocycles. The van der Waals surface area contributed by atoms with E-state index in [1.165, 1.54) is 0 Å². The van der Waals surface area contributed by atoms with Crippen LogP contribution in [0.3, 0.4) is 0 Å². The second kappa shape index (κ2) is 5.40. The van der Waals surface area contributed by atoms with Crippen LogP contribution in [0.25, 0.3) is 11.4 Å². The maximum atomic E-state index is 5.36. The number of fused-ring (bicyclic) bond motifs is 1. The van der Waals surface area contributed by atoms with Crippen LogP contribution in [0.15, 0.2) is 55.7 Å². The highest BCUT2D eigenvalue weighted by Gasteiger charge is 2.22. The first-order chi connectivity index (χ1) is 10.7. The van der Waals surface area contributed by atoms with Gasteiger partial charge in [-0.2, -0.15) is 9.78 Å². The van der Waals surface area contributed by atoms with E-state index in [-0.39, 0.29) is 0 Å². The van der Waals surface area contributed by atoms with E-state index >= 15 is 0 Å². The van der Waals surface area contributed by atoms with Crippen molar-refractivity contribution in [2.24, 2.45) is 5.10 Å². The summed E-state index contributed by atoms with van der Waals surface area (Å²) < 4.78 is 8.21. The molecule has 0 aliphatic carbocycles. The number of halogens is 1. The fourth-order valence-electron chi connectivity index (χ4n) is 2.30. The van der Waals surface area contributed by atoms with Gasteiger partial charge in [-0.1, -0.05) is 39.8 Å². The number of benzene rings is 1. The van der Waals surface area contributed by atoms with Gasteiger partial charge in [0.2, 0.25) is 5.16 Å². The first kappa shape index (κ1) is 13.8. The summed E-state index contributed by atoms with van der Waals surface area (Å²) in [6, 6.07) is 10.0. The molecule has 22 heavy (non-hydrogen) atoms. The second-order valence-electron chi connectivity index (χ2n) is 4.85. The largest absolute Gasteiger partial charge is 0.469 e. The monoisotopic (exact) mass is 374 g/mol. The fourth-order valence-corrected chi connectivity index (χ4v) is 3.40. The molecule has 7 heteroatoms. The van der Waals surface area contributed by atoms with Gasteiger partial charge >= 0.3 is 0 Å². The van der Waals surface area contributed by atoms with E-state index in [2.05, 4.69) is 38.3 Å². The smallest absolute Gasteiger partial charge is 0.212 e. The quantitative estimate of drug-likeness (QED) is 0.680. The minimum atomic E-state index is 0.711. The minimum Gasteiger partial charge on any atom is -0.469 e. The summed E-state index contributed by atoms with van der Waals surface area (Å²) in [7, 11) is 0. The topological polar surface area (TPSA) is 56.2 Å². The average Bonchev–Trinajstić information content (AvgIpc) is 3.13. The van der Waals surface area contributed by atoms with E-state index in [1.54, 1.807) is 22.7 Å². The Morgan fingerprint density at radius 2 is 2.00 bits per heavy atom. The highest BCUT2D eigenvalue weighted by molar-refractivity contribution is 9.10. The molecule has 0 fully saturated rings. The molecule has 2 aromatic heterocycles. The van der Waals surface area contributed by atoms with Crippen LogP contribution in [0.5, 0.6) is 0 Å². The van der Waals surface area contributed by atoms with Crippen LogP contribution in [-0.4, -0.2) is 26.3 Å². The molecule has 0 amide bonds. The Morgan fingerprint density at radius 1 is 1.18 bits per heavy atom. The third kappa shape index (κ3) is 2.30. The third-order valence-corrected chi connectivity index (χ3v) is 4.91. The van der Waals surface area contributed by atoms with Gasteiger partial charge in [0.1, 0.15) is 5.76 Å². The zero-order chi connectivity index (χ0) is 15.1. The molecule has 0 atom stereocenters. The zero-order valence-corrected chi connectivity index (χ0v) is 14.1. The van der Waals surface area contributed by atoms with E-state index in [4.69, 9.17) is 9.52 Å². The van der Waals surface area contributed by atoms with Crippen LogP contribution < -0.4 is 0 Å². The number of furan rings is 1. The van der Waals surface area contributed by atoms with Gasteiger partial charge in [-0.3, -0.25) is 0 Å². The van der Waals surface area contributed by atoms with E-state index < -0.39 is 0 Å². The van der Waals surface area contributed by atoms with Gasteiger partial charge in [0.15, 0.2) is 5.82 Å². The normalized spacial score (nSPS) is 13.8. The van der Waals surface area contributed by atoms with Crippen molar-refractivity contribution in [1.29, 1.82) is 0 Å². The molecule has 0 bridgehead atoms. The van der Waals surface area contributed by atoms with Crippen molar-refractivity contribution in [3.05, 3.63) is 52.4 Å². The summed E-state index contributed by atoms with van der Waals surface area (Å²) >= 11 is 5.09. The zero-order valence-electron chi connectivity index (χ0n) is 11.7. The fraction of sp³-hybridized carbons (Fsp3) is 0.133. The number of rotatable bonds is 2. The number of hydrogen-bond donors (Lipinski definition) is 0. The van der Waals surface area contributed by atoms with Crippen LogP contribution in [-0.2, 0) is 0 Å². The molecule has 110 valence electrons. The maximum absolute atomic E-state index is 5.36. The molecule has 0 spiro atoms. The van der Waals surface area contributed by atoms with E-state index in [9.17, 15) is 0 Å². The molecule has 3 heterocycles. The lowest BCUT2D eigenvalue weighted by molar-refractivity contribution is 0.534. The SMILES string of the molecule is Cc1occc1-c1nnc2n1N=C(c1ccc(Br)cc1)CS2. The summed E-state index contributed by atoms with van der Waals surface area (Å²) in [6.45, 7) is 1.91. The molecule has 3 aromatic rings. The van der Waals surface area contributed by atoms with Crippen molar-refractivity contribution in [1.82, 2.24) is 14.9 Å². The van der Waals surface area contributed by atoms with Gasteiger partial charge in [0, 0.05) is 10.2 Å². The van der Waals surface area contributed by atoms with Gasteiger partial charge in [-0.25, -0.2) is 0 Å². The molecule has 0 radical (unpaired) electrons. The second-order valence-corrected chi connectivity index (χ2v) is 6.71. The number of thioether (sulfide) groups is 1. The highest BCUT2D eigenvalue weighted by Crippen LogP contribution is 2.30. The standard InChI is InChI=1S/C15H11BrN4OS/c1-9-12(6-7-21-9)14-17-18-15-20(14)19-13(8-22-15)10-2-4-11(16)5-3-10/h2-7H,8H2,1H3. The predicted octanol–water partition coefficient (Wildman–Crippen LogP) is 3.97. The summed E-state index contributed by atoms with van der Waals surface area (Å²) in [6.07, 6.45) is 1.65. The number of aromatic nitrogens is 3. The highest BCUT2D eigenvalue weighted by atomic mass is 79.9. The first-order valence-electron chi connectivity index (χ1n) is 6.69. The van der Waals surface area contributed by atoms with Crippen LogP contribution in [0, 0.1) is 6.92 Å². The summed E-state index contributed by atoms with van der Waals surface area (Å²) in [5, 5.41) is 14.0. The van der Waals surface area contributed by atoms with Gasteiger partial charge in [-0.05, 0) is 30.7 Å². The number of nitrogens with zero attached hydrogens (tertiary/aromatic N) is 4. The van der Waals surface area contributed by atoms with Crippen molar-refractivity contribution in [3.63, 3.8) is 0 Å². The molecule has 1 aliphatic rings. The third-order valence-electron chi connectivity index (χ3n) is 3.45. The number of hydrogen-bond acceptors (Lipinski definition) is 5. The van der Waals surface area contributed by atoms with E-state index in [1.807, 2.05) is 25.1 Å². The van der Waals surface area contributed by atoms with Crippen LogP contribution >= 0.6 is 27.7 Å². The van der Waals surface area contributed by atoms with Crippen LogP contribution in [0.4, 0.5) is 0 Å². The summed E-state index contributed by atoms with van der Waals surface area (Å²) in [5.41, 5.74) is 3.03. The minimum absolute atomic E-state index is 0.711. The molecule has 1 aromatic carbocycles.